The molecule has 0 aromatic rings. The Morgan fingerprint density at radius 3 is 1.31 bits per heavy atom. The van der Waals surface area contributed by atoms with Gasteiger partial charge in [-0.3, -0.25) is 11.5 Å². The molecule has 0 spiro atoms. The van der Waals surface area contributed by atoms with Crippen LogP contribution in [0.15, 0.2) is 0 Å². The maximum Gasteiger partial charge on any atom is 0.381 e. The van der Waals surface area contributed by atoms with E-state index >= 15 is 0 Å². The smallest absolute Gasteiger partial charge is 0.281 e. The van der Waals surface area contributed by atoms with Gasteiger partial charge in [-0.25, -0.2) is 8.78 Å². The SMILES string of the molecule is CC(F)C(F)(F)C(F)(F)C(F)(F)C(N)(N)F. The highest BCUT2D eigenvalue weighted by molar-refractivity contribution is 5.04. The van der Waals surface area contributed by atoms with Crippen molar-refractivity contribution in [1.82, 2.24) is 0 Å². The van der Waals surface area contributed by atoms with Crippen LogP contribution in [0.25, 0.3) is 0 Å². The van der Waals surface area contributed by atoms with Gasteiger partial charge in [0.15, 0.2) is 6.17 Å². The lowest BCUT2D eigenvalue weighted by molar-refractivity contribution is -0.353. The zero-order valence-electron chi connectivity index (χ0n) is 7.76. The van der Waals surface area contributed by atoms with Gasteiger partial charge in [-0.05, 0) is 6.92 Å². The molecule has 0 aliphatic rings. The molecule has 0 heterocycles. The molecular formula is C6H8F8N2. The van der Waals surface area contributed by atoms with Crippen LogP contribution >= 0.6 is 0 Å². The van der Waals surface area contributed by atoms with E-state index in [-0.39, 0.29) is 6.92 Å². The molecule has 0 rings (SSSR count). The fraction of sp³-hybridized carbons (Fsp3) is 1.00. The van der Waals surface area contributed by atoms with Gasteiger partial charge in [0.2, 0.25) is 0 Å². The molecule has 0 fully saturated rings. The van der Waals surface area contributed by atoms with Crippen molar-refractivity contribution in [3.05, 3.63) is 0 Å². The van der Waals surface area contributed by atoms with E-state index in [0.717, 1.165) is 0 Å². The zero-order valence-corrected chi connectivity index (χ0v) is 7.76. The van der Waals surface area contributed by atoms with Crippen LogP contribution in [0, 0.1) is 0 Å². The average Bonchev–Trinajstić information content (AvgIpc) is 2.00. The molecular weight excluding hydrogens is 252 g/mol. The fourth-order valence-electron chi connectivity index (χ4n) is 0.700. The standard InChI is InChI=1S/C6H8F8N2/c1-2(7)3(8,9)4(10,11)5(12,13)6(14,15)16/h2H,15-16H2,1H3. The molecule has 0 bridgehead atoms. The summed E-state index contributed by atoms with van der Waals surface area (Å²) in [7, 11) is 0. The van der Waals surface area contributed by atoms with Crippen LogP contribution in [0.4, 0.5) is 35.1 Å². The molecule has 98 valence electrons. The minimum atomic E-state index is -6.37. The maximum atomic E-state index is 12.6. The zero-order chi connectivity index (χ0) is 13.6. The van der Waals surface area contributed by atoms with Crippen molar-refractivity contribution in [3.63, 3.8) is 0 Å². The molecule has 2 nitrogen and oxygen atoms in total. The largest absolute Gasteiger partial charge is 0.381 e. The predicted molar refractivity (Wildman–Crippen MR) is 37.6 cm³/mol. The van der Waals surface area contributed by atoms with E-state index in [1.807, 2.05) is 0 Å². The number of alkyl halides is 8. The summed E-state index contributed by atoms with van der Waals surface area (Å²) in [5, 5.41) is 0. The van der Waals surface area contributed by atoms with E-state index < -0.39 is 29.9 Å². The van der Waals surface area contributed by atoms with E-state index in [9.17, 15) is 35.1 Å². The first-order valence-electron chi connectivity index (χ1n) is 3.73. The lowest BCUT2D eigenvalue weighted by Crippen LogP contribution is -2.72. The molecule has 4 N–H and O–H groups in total. The van der Waals surface area contributed by atoms with Crippen LogP contribution in [0.1, 0.15) is 6.92 Å². The van der Waals surface area contributed by atoms with Crippen LogP contribution < -0.4 is 11.5 Å². The second-order valence-corrected chi connectivity index (χ2v) is 3.16. The van der Waals surface area contributed by atoms with Crippen molar-refractivity contribution in [2.24, 2.45) is 11.5 Å². The van der Waals surface area contributed by atoms with Crippen molar-refractivity contribution in [2.75, 3.05) is 0 Å². The first kappa shape index (κ1) is 15.4. The van der Waals surface area contributed by atoms with E-state index in [0.29, 0.717) is 0 Å². The lowest BCUT2D eigenvalue weighted by Gasteiger charge is -2.37. The third-order valence-electron chi connectivity index (χ3n) is 1.79. The third-order valence-corrected chi connectivity index (χ3v) is 1.79. The Hall–Kier alpha value is -0.640. The van der Waals surface area contributed by atoms with Gasteiger partial charge in [0.1, 0.15) is 0 Å². The summed E-state index contributed by atoms with van der Waals surface area (Å²) in [4.78, 5) is 0. The molecule has 0 aliphatic carbocycles. The van der Waals surface area contributed by atoms with Gasteiger partial charge in [0.05, 0.1) is 0 Å². The molecule has 0 amide bonds. The predicted octanol–water partition coefficient (Wildman–Crippen LogP) is 1.79. The number of rotatable bonds is 4. The maximum absolute atomic E-state index is 12.6. The van der Waals surface area contributed by atoms with Crippen molar-refractivity contribution in [1.29, 1.82) is 0 Å². The summed E-state index contributed by atoms with van der Waals surface area (Å²) >= 11 is 0. The second-order valence-electron chi connectivity index (χ2n) is 3.16. The number of hydrogen-bond donors (Lipinski definition) is 2. The topological polar surface area (TPSA) is 52.0 Å². The van der Waals surface area contributed by atoms with Crippen molar-refractivity contribution >= 4 is 0 Å². The van der Waals surface area contributed by atoms with Gasteiger partial charge in [0, 0.05) is 0 Å². The second kappa shape index (κ2) is 3.69. The molecule has 0 aromatic heterocycles. The van der Waals surface area contributed by atoms with Gasteiger partial charge >= 0.3 is 17.8 Å². The Morgan fingerprint density at radius 1 is 0.812 bits per heavy atom. The molecule has 0 aromatic carbocycles. The molecule has 16 heavy (non-hydrogen) atoms. The Balaban J connectivity index is 5.53. The Kier molecular flexibility index (Phi) is 3.54. The van der Waals surface area contributed by atoms with E-state index in [1.54, 1.807) is 0 Å². The number of halogens is 8. The average molecular weight is 260 g/mol. The molecule has 0 saturated heterocycles. The van der Waals surface area contributed by atoms with E-state index in [4.69, 9.17) is 0 Å². The van der Waals surface area contributed by atoms with Crippen LogP contribution in [-0.4, -0.2) is 29.9 Å². The molecule has 0 aliphatic heterocycles. The Bertz CT molecular complexity index is 256. The Morgan fingerprint density at radius 2 is 1.12 bits per heavy atom. The van der Waals surface area contributed by atoms with E-state index in [2.05, 4.69) is 11.5 Å². The number of nitrogens with two attached hydrogens (primary N) is 2. The minimum Gasteiger partial charge on any atom is -0.281 e. The van der Waals surface area contributed by atoms with Gasteiger partial charge in [0.25, 0.3) is 5.92 Å². The normalized spacial score (nSPS) is 17.4. The fourth-order valence-corrected chi connectivity index (χ4v) is 0.700. The highest BCUT2D eigenvalue weighted by Gasteiger charge is 2.79. The third kappa shape index (κ3) is 1.95. The first-order valence-corrected chi connectivity index (χ1v) is 3.73. The molecule has 10 heteroatoms. The van der Waals surface area contributed by atoms with Crippen molar-refractivity contribution in [2.45, 2.75) is 36.8 Å². The van der Waals surface area contributed by atoms with Crippen molar-refractivity contribution in [3.8, 4) is 0 Å². The molecule has 1 atom stereocenters. The summed E-state index contributed by atoms with van der Waals surface area (Å²) in [6.45, 7) is -0.0864. The summed E-state index contributed by atoms with van der Waals surface area (Å²) in [6.07, 6.45) is -3.64. The molecule has 1 unspecified atom stereocenters. The monoisotopic (exact) mass is 260 g/mol. The van der Waals surface area contributed by atoms with Gasteiger partial charge in [-0.1, -0.05) is 0 Å². The highest BCUT2D eigenvalue weighted by Crippen LogP contribution is 2.50. The van der Waals surface area contributed by atoms with Crippen LogP contribution in [-0.2, 0) is 0 Å². The summed E-state index contributed by atoms with van der Waals surface area (Å²) in [6, 6.07) is 0. The highest BCUT2D eigenvalue weighted by atomic mass is 19.4. The Labute approximate surface area is 84.6 Å². The van der Waals surface area contributed by atoms with Gasteiger partial charge < -0.3 is 0 Å². The molecule has 0 radical (unpaired) electrons. The lowest BCUT2D eigenvalue weighted by atomic mass is 9.98. The molecule has 0 saturated carbocycles. The quantitative estimate of drug-likeness (QED) is 0.460. The summed E-state index contributed by atoms with van der Waals surface area (Å²) in [5.41, 5.74) is 7.64. The van der Waals surface area contributed by atoms with Gasteiger partial charge in [-0.15, -0.1) is 0 Å². The summed E-state index contributed by atoms with van der Waals surface area (Å²) < 4.78 is 99.6. The van der Waals surface area contributed by atoms with Gasteiger partial charge in [-0.2, -0.15) is 26.3 Å². The van der Waals surface area contributed by atoms with E-state index in [1.165, 1.54) is 0 Å². The van der Waals surface area contributed by atoms with Crippen LogP contribution in [0.5, 0.6) is 0 Å². The summed E-state index contributed by atoms with van der Waals surface area (Å²) in [5.74, 6) is -23.2. The minimum absolute atomic E-state index is 0.0864. The number of hydrogen-bond acceptors (Lipinski definition) is 2. The van der Waals surface area contributed by atoms with Crippen LogP contribution in [0.2, 0.25) is 0 Å². The van der Waals surface area contributed by atoms with Crippen LogP contribution in [0.3, 0.4) is 0 Å². The first-order chi connectivity index (χ1) is 6.69. The van der Waals surface area contributed by atoms with Crippen molar-refractivity contribution < 1.29 is 35.1 Å².